The largest absolute Gasteiger partial charge is 0.337 e. The molecule has 0 atom stereocenters. The van der Waals surface area contributed by atoms with Crippen LogP contribution in [0.3, 0.4) is 0 Å². The van der Waals surface area contributed by atoms with Crippen LogP contribution in [0, 0.1) is 0 Å². The van der Waals surface area contributed by atoms with Crippen LogP contribution in [0.15, 0.2) is 53.7 Å². The topological polar surface area (TPSA) is 80.1 Å². The first kappa shape index (κ1) is 23.0. The van der Waals surface area contributed by atoms with E-state index in [-0.39, 0.29) is 18.2 Å². The van der Waals surface area contributed by atoms with E-state index >= 15 is 0 Å². The molecular weight excluding hydrogens is 434 g/mol. The summed E-state index contributed by atoms with van der Waals surface area (Å²) in [5, 5.41) is 12.1. The average Bonchev–Trinajstić information content (AvgIpc) is 3.23. The fourth-order valence-corrected chi connectivity index (χ4v) is 5.01. The summed E-state index contributed by atoms with van der Waals surface area (Å²) in [5.74, 6) is 0.871. The van der Waals surface area contributed by atoms with Gasteiger partial charge in [0.05, 0.1) is 12.2 Å². The van der Waals surface area contributed by atoms with Crippen molar-refractivity contribution in [2.45, 2.75) is 51.4 Å². The number of rotatable bonds is 8. The van der Waals surface area contributed by atoms with Crippen LogP contribution in [0.4, 0.5) is 5.69 Å². The van der Waals surface area contributed by atoms with Crippen LogP contribution in [0.1, 0.15) is 36.4 Å². The molecule has 7 nitrogen and oxygen atoms in total. The molecule has 0 radical (unpaired) electrons. The van der Waals surface area contributed by atoms with E-state index in [1.54, 1.807) is 0 Å². The molecular formula is C25H29N5O2S. The zero-order chi connectivity index (χ0) is 23.2. The van der Waals surface area contributed by atoms with Crippen molar-refractivity contribution < 1.29 is 9.59 Å². The maximum absolute atomic E-state index is 12.8. The molecule has 0 bridgehead atoms. The summed E-state index contributed by atoms with van der Waals surface area (Å²) in [6.07, 6.45) is 1.87. The summed E-state index contributed by atoms with van der Waals surface area (Å²) in [5.41, 5.74) is 4.47. The molecule has 0 saturated carbocycles. The second-order valence-corrected chi connectivity index (χ2v) is 8.94. The summed E-state index contributed by atoms with van der Waals surface area (Å²) in [6, 6.07) is 16.1. The Labute approximate surface area is 198 Å². The van der Waals surface area contributed by atoms with Crippen LogP contribution >= 0.6 is 11.8 Å². The molecule has 2 aromatic carbocycles. The highest BCUT2D eigenvalue weighted by Crippen LogP contribution is 2.22. The zero-order valence-electron chi connectivity index (χ0n) is 19.1. The normalized spacial score (nSPS) is 13.0. The third-order valence-electron chi connectivity index (χ3n) is 5.91. The molecule has 0 unspecified atom stereocenters. The number of anilines is 1. The molecule has 0 saturated heterocycles. The number of carbonyl (C=O) groups is 2. The van der Waals surface area contributed by atoms with Gasteiger partial charge in [0.2, 0.25) is 11.8 Å². The lowest BCUT2D eigenvalue weighted by atomic mass is 10.00. The molecule has 3 aromatic rings. The van der Waals surface area contributed by atoms with E-state index in [4.69, 9.17) is 0 Å². The van der Waals surface area contributed by atoms with Gasteiger partial charge in [-0.15, -0.1) is 10.2 Å². The van der Waals surface area contributed by atoms with Gasteiger partial charge in [0.1, 0.15) is 5.82 Å². The first-order valence-corrected chi connectivity index (χ1v) is 12.3. The van der Waals surface area contributed by atoms with Crippen molar-refractivity contribution in [3.8, 4) is 0 Å². The Morgan fingerprint density at radius 2 is 1.79 bits per heavy atom. The molecule has 0 fully saturated rings. The lowest BCUT2D eigenvalue weighted by Gasteiger charge is -2.28. The van der Waals surface area contributed by atoms with E-state index < -0.39 is 0 Å². The van der Waals surface area contributed by atoms with Crippen LogP contribution < -0.4 is 5.32 Å². The Morgan fingerprint density at radius 3 is 2.58 bits per heavy atom. The van der Waals surface area contributed by atoms with Crippen LogP contribution in [0.25, 0.3) is 0 Å². The Balaban J connectivity index is 1.35. The molecule has 0 spiro atoms. The predicted molar refractivity (Wildman–Crippen MR) is 130 cm³/mol. The molecule has 8 heteroatoms. The van der Waals surface area contributed by atoms with Crippen molar-refractivity contribution in [3.63, 3.8) is 0 Å². The summed E-state index contributed by atoms with van der Waals surface area (Å²) in [7, 11) is 0. The average molecular weight is 464 g/mol. The number of para-hydroxylation sites is 1. The van der Waals surface area contributed by atoms with Crippen LogP contribution in [0.5, 0.6) is 0 Å². The van der Waals surface area contributed by atoms with E-state index in [0.717, 1.165) is 30.6 Å². The number of hydrogen-bond donors (Lipinski definition) is 1. The molecule has 2 amide bonds. The number of aromatic nitrogens is 3. The number of benzene rings is 2. The molecule has 33 heavy (non-hydrogen) atoms. The summed E-state index contributed by atoms with van der Waals surface area (Å²) < 4.78 is 1.91. The van der Waals surface area contributed by atoms with Gasteiger partial charge >= 0.3 is 0 Å². The van der Waals surface area contributed by atoms with Gasteiger partial charge in [0.25, 0.3) is 0 Å². The van der Waals surface area contributed by atoms with Gasteiger partial charge in [-0.1, -0.05) is 61.2 Å². The minimum absolute atomic E-state index is 0.0932. The minimum Gasteiger partial charge on any atom is -0.337 e. The van der Waals surface area contributed by atoms with Crippen molar-refractivity contribution in [3.05, 3.63) is 71.0 Å². The minimum atomic E-state index is -0.127. The van der Waals surface area contributed by atoms with Crippen molar-refractivity contribution in [2.24, 2.45) is 0 Å². The maximum Gasteiger partial charge on any atom is 0.233 e. The van der Waals surface area contributed by atoms with Gasteiger partial charge in [-0.25, -0.2) is 0 Å². The molecule has 172 valence electrons. The van der Waals surface area contributed by atoms with Gasteiger partial charge in [0, 0.05) is 25.3 Å². The molecule has 2 heterocycles. The van der Waals surface area contributed by atoms with Crippen molar-refractivity contribution >= 4 is 29.3 Å². The summed E-state index contributed by atoms with van der Waals surface area (Å²) in [4.78, 5) is 27.4. The highest BCUT2D eigenvalue weighted by Gasteiger charge is 2.22. The zero-order valence-corrected chi connectivity index (χ0v) is 19.9. The standard InChI is InChI=1S/C25H29N5O2S/c1-3-18-9-7-8-12-21(18)26-23(31)15-22-27-28-25(30(22)4-2)33-17-24(32)29-14-13-19-10-5-6-11-20(19)16-29/h5-12H,3-4,13-17H2,1-2H3,(H,26,31). The Morgan fingerprint density at radius 1 is 1.03 bits per heavy atom. The summed E-state index contributed by atoms with van der Waals surface area (Å²) >= 11 is 1.38. The summed E-state index contributed by atoms with van der Waals surface area (Å²) in [6.45, 7) is 6.08. The first-order valence-electron chi connectivity index (χ1n) is 11.4. The predicted octanol–water partition coefficient (Wildman–Crippen LogP) is 3.72. The molecule has 0 aliphatic carbocycles. The van der Waals surface area contributed by atoms with Crippen LogP contribution in [0.2, 0.25) is 0 Å². The molecule has 1 aliphatic rings. The number of hydrogen-bond acceptors (Lipinski definition) is 5. The van der Waals surface area contributed by atoms with Gasteiger partial charge in [-0.3, -0.25) is 9.59 Å². The van der Waals surface area contributed by atoms with E-state index in [1.165, 1.54) is 22.9 Å². The van der Waals surface area contributed by atoms with Crippen molar-refractivity contribution in [1.29, 1.82) is 0 Å². The third kappa shape index (κ3) is 5.45. The van der Waals surface area contributed by atoms with Crippen molar-refractivity contribution in [1.82, 2.24) is 19.7 Å². The second-order valence-electron chi connectivity index (χ2n) is 8.00. The fourth-order valence-electron chi connectivity index (χ4n) is 4.09. The Bertz CT molecular complexity index is 1140. The second kappa shape index (κ2) is 10.7. The number of nitrogens with one attached hydrogen (secondary N) is 1. The van der Waals surface area contributed by atoms with Gasteiger partial charge in [0.15, 0.2) is 5.16 Å². The molecule has 1 aromatic heterocycles. The Kier molecular flexibility index (Phi) is 7.44. The lowest BCUT2D eigenvalue weighted by Crippen LogP contribution is -2.37. The highest BCUT2D eigenvalue weighted by atomic mass is 32.2. The quantitative estimate of drug-likeness (QED) is 0.515. The number of aryl methyl sites for hydroxylation is 1. The number of fused-ring (bicyclic) bond motifs is 1. The van der Waals surface area contributed by atoms with E-state index in [2.05, 4.69) is 34.6 Å². The van der Waals surface area contributed by atoms with Gasteiger partial charge < -0.3 is 14.8 Å². The third-order valence-corrected chi connectivity index (χ3v) is 6.86. The smallest absolute Gasteiger partial charge is 0.233 e. The van der Waals surface area contributed by atoms with Crippen LogP contribution in [-0.4, -0.2) is 43.8 Å². The Hall–Kier alpha value is -3.13. The highest BCUT2D eigenvalue weighted by molar-refractivity contribution is 7.99. The maximum atomic E-state index is 12.8. The van der Waals surface area contributed by atoms with E-state index in [9.17, 15) is 9.59 Å². The number of amides is 2. The monoisotopic (exact) mass is 463 g/mol. The van der Waals surface area contributed by atoms with E-state index in [1.807, 2.05) is 52.8 Å². The van der Waals surface area contributed by atoms with Crippen molar-refractivity contribution in [2.75, 3.05) is 17.6 Å². The molecule has 1 N–H and O–H groups in total. The lowest BCUT2D eigenvalue weighted by molar-refractivity contribution is -0.129. The number of thioether (sulfide) groups is 1. The van der Waals surface area contributed by atoms with Gasteiger partial charge in [-0.05, 0) is 42.5 Å². The van der Waals surface area contributed by atoms with E-state index in [0.29, 0.717) is 29.8 Å². The molecule has 4 rings (SSSR count). The van der Waals surface area contributed by atoms with Crippen LogP contribution in [-0.2, 0) is 41.9 Å². The number of carbonyl (C=O) groups excluding carboxylic acids is 2. The fraction of sp³-hybridized carbons (Fsp3) is 0.360. The van der Waals surface area contributed by atoms with Gasteiger partial charge in [-0.2, -0.15) is 0 Å². The SMILES string of the molecule is CCc1ccccc1NC(=O)Cc1nnc(SCC(=O)N2CCc3ccccc3C2)n1CC. The number of nitrogens with zero attached hydrogens (tertiary/aromatic N) is 4. The molecule has 1 aliphatic heterocycles. The first-order chi connectivity index (χ1) is 16.1.